The maximum atomic E-state index is 13.6. The van der Waals surface area contributed by atoms with Crippen molar-refractivity contribution in [1.29, 1.82) is 0 Å². The number of carbonyl (C=O) groups is 2. The smallest absolute Gasteiger partial charge is 0.269 e. The standard InChI is InChI=1S/C29H36N4O5/c1-5-16-31(29(35)24-12-14-25(15-13-24)33(36)37)21-28(34)32(22(3)6-2)20-26-10-8-17-30(26)19-23-9-7-11-27(18-23)38-4/h7-15,17-18,22H,5-6,16,19-21H2,1-4H3. The molecule has 0 saturated heterocycles. The number of benzene rings is 2. The first-order chi connectivity index (χ1) is 18.3. The first-order valence-electron chi connectivity index (χ1n) is 12.9. The number of ether oxygens (including phenoxy) is 1. The number of rotatable bonds is 13. The van der Waals surface area contributed by atoms with Crippen LogP contribution in [0.4, 0.5) is 5.69 Å². The molecule has 202 valence electrons. The van der Waals surface area contributed by atoms with Gasteiger partial charge in [-0.05, 0) is 61.7 Å². The summed E-state index contributed by atoms with van der Waals surface area (Å²) in [6, 6.07) is 17.3. The van der Waals surface area contributed by atoms with E-state index in [4.69, 9.17) is 4.74 Å². The van der Waals surface area contributed by atoms with Gasteiger partial charge in [0.2, 0.25) is 5.91 Å². The minimum atomic E-state index is -0.504. The Bertz CT molecular complexity index is 1240. The zero-order chi connectivity index (χ0) is 27.7. The van der Waals surface area contributed by atoms with Gasteiger partial charge >= 0.3 is 0 Å². The Morgan fingerprint density at radius 2 is 1.82 bits per heavy atom. The Balaban J connectivity index is 1.78. The number of hydrogen-bond donors (Lipinski definition) is 0. The number of methoxy groups -OCH3 is 1. The monoisotopic (exact) mass is 520 g/mol. The summed E-state index contributed by atoms with van der Waals surface area (Å²) < 4.78 is 7.46. The zero-order valence-corrected chi connectivity index (χ0v) is 22.5. The minimum absolute atomic E-state index is 0.0272. The molecule has 0 aliphatic carbocycles. The summed E-state index contributed by atoms with van der Waals surface area (Å²) in [5, 5.41) is 11.0. The molecule has 1 unspecified atom stereocenters. The van der Waals surface area contributed by atoms with Crippen molar-refractivity contribution in [3.05, 3.63) is 93.8 Å². The Hall–Kier alpha value is -4.14. The highest BCUT2D eigenvalue weighted by Crippen LogP contribution is 2.19. The Labute approximate surface area is 223 Å². The molecule has 0 spiro atoms. The number of nitro benzene ring substituents is 1. The molecule has 2 aromatic carbocycles. The molecular weight excluding hydrogens is 484 g/mol. The first-order valence-corrected chi connectivity index (χ1v) is 12.9. The van der Waals surface area contributed by atoms with Crippen molar-refractivity contribution < 1.29 is 19.2 Å². The highest BCUT2D eigenvalue weighted by atomic mass is 16.6. The van der Waals surface area contributed by atoms with Crippen LogP contribution in [-0.2, 0) is 17.9 Å². The Kier molecular flexibility index (Phi) is 10.0. The van der Waals surface area contributed by atoms with Crippen molar-refractivity contribution in [3.63, 3.8) is 0 Å². The van der Waals surface area contributed by atoms with Crippen LogP contribution in [0.15, 0.2) is 66.9 Å². The lowest BCUT2D eigenvalue weighted by molar-refractivity contribution is -0.384. The van der Waals surface area contributed by atoms with Crippen LogP contribution in [0, 0.1) is 10.1 Å². The fraction of sp³-hybridized carbons (Fsp3) is 0.379. The Morgan fingerprint density at radius 3 is 2.45 bits per heavy atom. The number of aromatic nitrogens is 1. The summed E-state index contributed by atoms with van der Waals surface area (Å²) in [4.78, 5) is 40.6. The molecule has 0 bridgehead atoms. The highest BCUT2D eigenvalue weighted by Gasteiger charge is 2.25. The van der Waals surface area contributed by atoms with Crippen LogP contribution in [0.3, 0.4) is 0 Å². The van der Waals surface area contributed by atoms with Crippen LogP contribution in [0.2, 0.25) is 0 Å². The van der Waals surface area contributed by atoms with Crippen LogP contribution in [-0.4, -0.2) is 57.3 Å². The molecular formula is C29H36N4O5. The molecule has 1 atom stereocenters. The van der Waals surface area contributed by atoms with E-state index in [2.05, 4.69) is 4.57 Å². The maximum Gasteiger partial charge on any atom is 0.269 e. The molecule has 0 N–H and O–H groups in total. The van der Waals surface area contributed by atoms with Gasteiger partial charge in [0.05, 0.1) is 18.6 Å². The summed E-state index contributed by atoms with van der Waals surface area (Å²) >= 11 is 0. The normalized spacial score (nSPS) is 11.6. The predicted molar refractivity (Wildman–Crippen MR) is 146 cm³/mol. The summed E-state index contributed by atoms with van der Waals surface area (Å²) in [5.74, 6) is 0.333. The molecule has 3 aromatic rings. The van der Waals surface area contributed by atoms with E-state index < -0.39 is 4.92 Å². The third-order valence-electron chi connectivity index (χ3n) is 6.62. The molecule has 0 aliphatic heterocycles. The van der Waals surface area contributed by atoms with Crippen molar-refractivity contribution >= 4 is 17.5 Å². The number of nitrogens with zero attached hydrogens (tertiary/aromatic N) is 4. The molecule has 1 aromatic heterocycles. The van der Waals surface area contributed by atoms with Crippen molar-refractivity contribution in [2.24, 2.45) is 0 Å². The van der Waals surface area contributed by atoms with Crippen LogP contribution in [0.1, 0.15) is 55.2 Å². The van der Waals surface area contributed by atoms with Gasteiger partial charge < -0.3 is 19.1 Å². The van der Waals surface area contributed by atoms with Crippen molar-refractivity contribution in [3.8, 4) is 5.75 Å². The molecule has 0 fully saturated rings. The molecule has 3 rings (SSSR count). The highest BCUT2D eigenvalue weighted by molar-refractivity contribution is 5.96. The van der Waals surface area contributed by atoms with E-state index in [0.29, 0.717) is 31.6 Å². The summed E-state index contributed by atoms with van der Waals surface area (Å²) in [6.45, 7) is 7.38. The van der Waals surface area contributed by atoms with E-state index in [0.717, 1.165) is 23.4 Å². The van der Waals surface area contributed by atoms with Gasteiger partial charge in [0.15, 0.2) is 0 Å². The summed E-state index contributed by atoms with van der Waals surface area (Å²) in [5.41, 5.74) is 2.31. The SMILES string of the molecule is CCCN(CC(=O)N(Cc1cccn1Cc1cccc(OC)c1)C(C)CC)C(=O)c1ccc([N+](=O)[O-])cc1. The second kappa shape index (κ2) is 13.4. The number of hydrogen-bond acceptors (Lipinski definition) is 5. The third kappa shape index (κ3) is 7.21. The lowest BCUT2D eigenvalue weighted by Crippen LogP contribution is -2.46. The lowest BCUT2D eigenvalue weighted by atomic mass is 10.1. The molecule has 0 aliphatic rings. The van der Waals surface area contributed by atoms with Gasteiger partial charge in [-0.1, -0.05) is 26.0 Å². The van der Waals surface area contributed by atoms with Gasteiger partial charge in [-0.25, -0.2) is 0 Å². The van der Waals surface area contributed by atoms with E-state index >= 15 is 0 Å². The second-order valence-electron chi connectivity index (χ2n) is 9.29. The van der Waals surface area contributed by atoms with Gasteiger partial charge in [0.1, 0.15) is 12.3 Å². The number of non-ortho nitro benzene ring substituents is 1. The molecule has 1 heterocycles. The minimum Gasteiger partial charge on any atom is -0.497 e. The van der Waals surface area contributed by atoms with Crippen LogP contribution in [0.5, 0.6) is 5.75 Å². The van der Waals surface area contributed by atoms with Crippen molar-refractivity contribution in [2.75, 3.05) is 20.2 Å². The average Bonchev–Trinajstić information content (AvgIpc) is 3.36. The molecule has 9 heteroatoms. The number of carbonyl (C=O) groups excluding carboxylic acids is 2. The number of amides is 2. The second-order valence-corrected chi connectivity index (χ2v) is 9.29. The Morgan fingerprint density at radius 1 is 1.08 bits per heavy atom. The molecule has 9 nitrogen and oxygen atoms in total. The zero-order valence-electron chi connectivity index (χ0n) is 22.5. The van der Waals surface area contributed by atoms with Gasteiger partial charge in [-0.2, -0.15) is 0 Å². The summed E-state index contributed by atoms with van der Waals surface area (Å²) in [6.07, 6.45) is 3.45. The van der Waals surface area contributed by atoms with Gasteiger partial charge in [-0.15, -0.1) is 0 Å². The molecule has 0 radical (unpaired) electrons. The van der Waals surface area contributed by atoms with Crippen LogP contribution in [0.25, 0.3) is 0 Å². The fourth-order valence-electron chi connectivity index (χ4n) is 4.28. The molecule has 2 amide bonds. The molecule has 0 saturated carbocycles. The lowest BCUT2D eigenvalue weighted by Gasteiger charge is -2.32. The largest absolute Gasteiger partial charge is 0.497 e. The third-order valence-corrected chi connectivity index (χ3v) is 6.62. The maximum absolute atomic E-state index is 13.6. The van der Waals surface area contributed by atoms with E-state index in [-0.39, 0.29) is 30.1 Å². The number of nitro groups is 1. The van der Waals surface area contributed by atoms with E-state index in [1.54, 1.807) is 7.11 Å². The average molecular weight is 521 g/mol. The topological polar surface area (TPSA) is 97.9 Å². The van der Waals surface area contributed by atoms with Crippen LogP contribution < -0.4 is 4.74 Å². The predicted octanol–water partition coefficient (Wildman–Crippen LogP) is 5.13. The quantitative estimate of drug-likeness (QED) is 0.230. The van der Waals surface area contributed by atoms with Gasteiger partial charge in [-0.3, -0.25) is 19.7 Å². The van der Waals surface area contributed by atoms with Crippen LogP contribution >= 0.6 is 0 Å². The van der Waals surface area contributed by atoms with E-state index in [9.17, 15) is 19.7 Å². The van der Waals surface area contributed by atoms with E-state index in [1.165, 1.54) is 29.2 Å². The van der Waals surface area contributed by atoms with E-state index in [1.807, 2.05) is 68.3 Å². The fourth-order valence-corrected chi connectivity index (χ4v) is 4.28. The van der Waals surface area contributed by atoms with Crippen molar-refractivity contribution in [2.45, 2.75) is 52.7 Å². The summed E-state index contributed by atoms with van der Waals surface area (Å²) in [7, 11) is 1.64. The first kappa shape index (κ1) is 28.4. The molecule has 38 heavy (non-hydrogen) atoms. The van der Waals surface area contributed by atoms with Gasteiger partial charge in [0, 0.05) is 48.7 Å². The van der Waals surface area contributed by atoms with Gasteiger partial charge in [0.25, 0.3) is 11.6 Å². The van der Waals surface area contributed by atoms with Crippen molar-refractivity contribution in [1.82, 2.24) is 14.4 Å².